The largest absolute Gasteiger partial charge is 0.416 e. The summed E-state index contributed by atoms with van der Waals surface area (Å²) in [6, 6.07) is 4.85. The van der Waals surface area contributed by atoms with Gasteiger partial charge in [-0.1, -0.05) is 6.07 Å². The van der Waals surface area contributed by atoms with Crippen molar-refractivity contribution in [1.29, 1.82) is 0 Å². The number of carbonyl (C=O) groups excluding carboxylic acids is 1. The molecule has 0 aliphatic carbocycles. The van der Waals surface area contributed by atoms with Crippen LogP contribution in [0.25, 0.3) is 5.69 Å². The van der Waals surface area contributed by atoms with Crippen molar-refractivity contribution in [3.05, 3.63) is 46.8 Å². The molecule has 2 aromatic rings. The van der Waals surface area contributed by atoms with Crippen molar-refractivity contribution in [2.75, 3.05) is 6.54 Å². The van der Waals surface area contributed by atoms with Gasteiger partial charge >= 0.3 is 6.18 Å². The fraction of sp³-hybridized carbons (Fsp3) is 0.286. The number of alkyl halides is 3. The summed E-state index contributed by atoms with van der Waals surface area (Å²) < 4.78 is 39.9. The third-order valence-corrected chi connectivity index (χ3v) is 3.58. The lowest BCUT2D eigenvalue weighted by atomic mass is 10.1. The first-order chi connectivity index (χ1) is 10.4. The van der Waals surface area contributed by atoms with Crippen LogP contribution in [0.4, 0.5) is 13.2 Å². The number of nitrogens with two attached hydrogens (primary N) is 1. The Balaban J connectivity index is 2.15. The van der Waals surface area contributed by atoms with E-state index in [-0.39, 0.29) is 11.4 Å². The maximum atomic E-state index is 12.8. The summed E-state index contributed by atoms with van der Waals surface area (Å²) in [5, 5.41) is 7.22. The Morgan fingerprint density at radius 1 is 1.36 bits per heavy atom. The van der Waals surface area contributed by atoms with Gasteiger partial charge in [-0.05, 0) is 18.2 Å². The van der Waals surface area contributed by atoms with Gasteiger partial charge in [0.1, 0.15) is 0 Å². The van der Waals surface area contributed by atoms with Crippen LogP contribution in [0.2, 0.25) is 0 Å². The van der Waals surface area contributed by atoms with Gasteiger partial charge in [-0.25, -0.2) is 4.68 Å². The highest BCUT2D eigenvalue weighted by Gasteiger charge is 2.31. The lowest BCUT2D eigenvalue weighted by molar-refractivity contribution is -0.137. The molecule has 1 aromatic heterocycles. The maximum Gasteiger partial charge on any atom is 0.416 e. The van der Waals surface area contributed by atoms with Crippen molar-refractivity contribution in [1.82, 2.24) is 15.1 Å². The second kappa shape index (κ2) is 5.13. The summed E-state index contributed by atoms with van der Waals surface area (Å²) in [5.74, 6) is -0.689. The van der Waals surface area contributed by atoms with E-state index in [2.05, 4.69) is 10.4 Å². The van der Waals surface area contributed by atoms with Crippen LogP contribution in [-0.2, 0) is 19.1 Å². The molecule has 0 spiro atoms. The van der Waals surface area contributed by atoms with E-state index in [0.717, 1.165) is 12.1 Å². The normalized spacial score (nSPS) is 14.7. The van der Waals surface area contributed by atoms with E-state index >= 15 is 0 Å². The molecule has 5 nitrogen and oxygen atoms in total. The van der Waals surface area contributed by atoms with Gasteiger partial charge in [-0.15, -0.1) is 0 Å². The third-order valence-electron chi connectivity index (χ3n) is 3.58. The number of halogens is 3. The topological polar surface area (TPSA) is 72.9 Å². The lowest BCUT2D eigenvalue weighted by Gasteiger charge is -2.16. The van der Waals surface area contributed by atoms with Crippen molar-refractivity contribution in [2.45, 2.75) is 19.1 Å². The molecule has 8 heteroatoms. The molecule has 1 aromatic carbocycles. The van der Waals surface area contributed by atoms with E-state index in [0.29, 0.717) is 30.8 Å². The number of primary amides is 1. The molecule has 1 aliphatic rings. The van der Waals surface area contributed by atoms with Crippen molar-refractivity contribution in [2.24, 2.45) is 5.73 Å². The van der Waals surface area contributed by atoms with Crippen molar-refractivity contribution >= 4 is 5.91 Å². The minimum atomic E-state index is -4.43. The highest BCUT2D eigenvalue weighted by Crippen LogP contribution is 2.31. The number of carbonyl (C=O) groups is 1. The van der Waals surface area contributed by atoms with Gasteiger partial charge in [0.15, 0.2) is 5.69 Å². The van der Waals surface area contributed by atoms with Crippen LogP contribution in [0.5, 0.6) is 0 Å². The average molecular weight is 310 g/mol. The second-order valence-electron chi connectivity index (χ2n) is 5.02. The summed E-state index contributed by atoms with van der Waals surface area (Å²) >= 11 is 0. The summed E-state index contributed by atoms with van der Waals surface area (Å²) in [7, 11) is 0. The monoisotopic (exact) mass is 310 g/mol. The van der Waals surface area contributed by atoms with Gasteiger partial charge in [0.05, 0.1) is 16.9 Å². The number of amides is 1. The highest BCUT2D eigenvalue weighted by atomic mass is 19.4. The predicted octanol–water partition coefficient (Wildman–Crippen LogP) is 1.64. The molecular formula is C14H13F3N4O. The Labute approximate surface area is 123 Å². The predicted molar refractivity (Wildman–Crippen MR) is 72.5 cm³/mol. The van der Waals surface area contributed by atoms with Crippen molar-refractivity contribution in [3.8, 4) is 5.69 Å². The van der Waals surface area contributed by atoms with Crippen LogP contribution < -0.4 is 11.1 Å². The summed E-state index contributed by atoms with van der Waals surface area (Å²) in [5.41, 5.74) is 6.27. The zero-order valence-electron chi connectivity index (χ0n) is 11.4. The number of nitrogens with zero attached hydrogens (tertiary/aromatic N) is 2. The van der Waals surface area contributed by atoms with Crippen LogP contribution in [0.15, 0.2) is 24.3 Å². The highest BCUT2D eigenvalue weighted by molar-refractivity contribution is 5.92. The lowest BCUT2D eigenvalue weighted by Crippen LogP contribution is -2.26. The Hall–Kier alpha value is -2.35. The number of rotatable bonds is 2. The molecule has 2 heterocycles. The molecule has 1 amide bonds. The summed E-state index contributed by atoms with van der Waals surface area (Å²) in [6.45, 7) is 1.09. The summed E-state index contributed by atoms with van der Waals surface area (Å²) in [6.07, 6.45) is -3.87. The first kappa shape index (κ1) is 14.6. The average Bonchev–Trinajstić information content (AvgIpc) is 2.86. The molecule has 22 heavy (non-hydrogen) atoms. The van der Waals surface area contributed by atoms with Gasteiger partial charge in [-0.2, -0.15) is 18.3 Å². The number of hydrogen-bond donors (Lipinski definition) is 2. The van der Waals surface area contributed by atoms with E-state index in [1.54, 1.807) is 0 Å². The minimum Gasteiger partial charge on any atom is -0.364 e. The Kier molecular flexibility index (Phi) is 3.40. The Morgan fingerprint density at radius 2 is 2.14 bits per heavy atom. The second-order valence-corrected chi connectivity index (χ2v) is 5.02. The molecule has 0 bridgehead atoms. The van der Waals surface area contributed by atoms with E-state index in [9.17, 15) is 18.0 Å². The standard InChI is InChI=1S/C14H13F3N4O/c15-14(16,17)8-2-1-3-9(6-8)21-11-4-5-19-7-10(11)12(20-21)13(18)22/h1-3,6,19H,4-5,7H2,(H2,18,22). The van der Waals surface area contributed by atoms with Gasteiger partial charge in [0.2, 0.25) is 0 Å². The zero-order chi connectivity index (χ0) is 15.9. The first-order valence-electron chi connectivity index (χ1n) is 6.67. The van der Waals surface area contributed by atoms with Gasteiger partial charge < -0.3 is 11.1 Å². The molecule has 0 saturated carbocycles. The van der Waals surface area contributed by atoms with Crippen LogP contribution >= 0.6 is 0 Å². The maximum absolute atomic E-state index is 12.8. The quantitative estimate of drug-likeness (QED) is 0.885. The third kappa shape index (κ3) is 2.45. The Morgan fingerprint density at radius 3 is 2.82 bits per heavy atom. The van der Waals surface area contributed by atoms with Gasteiger partial charge in [0, 0.05) is 25.1 Å². The number of fused-ring (bicyclic) bond motifs is 1. The molecule has 3 N–H and O–H groups in total. The molecule has 3 rings (SSSR count). The zero-order valence-corrected chi connectivity index (χ0v) is 11.4. The molecule has 1 aliphatic heterocycles. The molecule has 116 valence electrons. The Bertz CT molecular complexity index is 736. The minimum absolute atomic E-state index is 0.0969. The summed E-state index contributed by atoms with van der Waals surface area (Å²) in [4.78, 5) is 11.5. The van der Waals surface area contributed by atoms with Crippen molar-refractivity contribution in [3.63, 3.8) is 0 Å². The van der Waals surface area contributed by atoms with Crippen LogP contribution in [0.3, 0.4) is 0 Å². The first-order valence-corrected chi connectivity index (χ1v) is 6.67. The molecule has 0 unspecified atom stereocenters. The van der Waals surface area contributed by atoms with Crippen LogP contribution in [0.1, 0.15) is 27.3 Å². The number of benzene rings is 1. The molecule has 0 radical (unpaired) electrons. The van der Waals surface area contributed by atoms with E-state index in [4.69, 9.17) is 5.73 Å². The van der Waals surface area contributed by atoms with Gasteiger partial charge in [0.25, 0.3) is 5.91 Å². The van der Waals surface area contributed by atoms with E-state index < -0.39 is 17.6 Å². The number of hydrogen-bond acceptors (Lipinski definition) is 3. The van der Waals surface area contributed by atoms with Crippen LogP contribution in [-0.4, -0.2) is 22.2 Å². The van der Waals surface area contributed by atoms with Gasteiger partial charge in [-0.3, -0.25) is 4.79 Å². The van der Waals surface area contributed by atoms with E-state index in [1.807, 2.05) is 0 Å². The fourth-order valence-corrected chi connectivity index (χ4v) is 2.57. The number of nitrogens with one attached hydrogen (secondary N) is 1. The van der Waals surface area contributed by atoms with Crippen LogP contribution in [0, 0.1) is 0 Å². The molecule has 0 atom stereocenters. The smallest absolute Gasteiger partial charge is 0.364 e. The molecule has 0 saturated heterocycles. The van der Waals surface area contributed by atoms with E-state index in [1.165, 1.54) is 16.8 Å². The molecular weight excluding hydrogens is 297 g/mol. The fourth-order valence-electron chi connectivity index (χ4n) is 2.57. The molecule has 0 fully saturated rings. The number of aromatic nitrogens is 2. The van der Waals surface area contributed by atoms with Crippen molar-refractivity contribution < 1.29 is 18.0 Å². The SMILES string of the molecule is NC(=O)c1nn(-c2cccc(C(F)(F)F)c2)c2c1CNCC2.